The van der Waals surface area contributed by atoms with E-state index in [-0.39, 0.29) is 23.6 Å². The minimum Gasteiger partial charge on any atom is -0.497 e. The molecule has 1 fully saturated rings. The second kappa shape index (κ2) is 6.75. The summed E-state index contributed by atoms with van der Waals surface area (Å²) in [5.74, 6) is 0.0142. The second-order valence-electron chi connectivity index (χ2n) is 5.78. The van der Waals surface area contributed by atoms with Crippen LogP contribution in [-0.2, 0) is 9.59 Å². The van der Waals surface area contributed by atoms with Gasteiger partial charge in [-0.3, -0.25) is 19.4 Å². The maximum absolute atomic E-state index is 12.5. The molecular weight excluding hydrogens is 362 g/mol. The molecule has 1 unspecified atom stereocenters. The van der Waals surface area contributed by atoms with Crippen molar-refractivity contribution in [3.05, 3.63) is 24.3 Å². The number of anilines is 1. The van der Waals surface area contributed by atoms with Crippen molar-refractivity contribution >= 4 is 46.3 Å². The molecule has 3 rings (SSSR count). The van der Waals surface area contributed by atoms with Crippen LogP contribution in [0.3, 0.4) is 0 Å². The van der Waals surface area contributed by atoms with Gasteiger partial charge in [-0.1, -0.05) is 0 Å². The van der Waals surface area contributed by atoms with Crippen LogP contribution in [0.5, 0.6) is 5.75 Å². The first-order valence-electron chi connectivity index (χ1n) is 7.70. The SMILES string of the molecule is COc1ccc(NC(=O)C[N+]2=C(Cl)N=C3C2C(=O)N(C)C(=O)N3C)cc1. The van der Waals surface area contributed by atoms with Gasteiger partial charge in [-0.05, 0) is 29.3 Å². The van der Waals surface area contributed by atoms with E-state index in [0.29, 0.717) is 11.4 Å². The highest BCUT2D eigenvalue weighted by atomic mass is 35.5. The van der Waals surface area contributed by atoms with E-state index in [1.54, 1.807) is 31.4 Å². The monoisotopic (exact) mass is 378 g/mol. The van der Waals surface area contributed by atoms with Crippen LogP contribution in [0.1, 0.15) is 0 Å². The molecule has 26 heavy (non-hydrogen) atoms. The predicted molar refractivity (Wildman–Crippen MR) is 94.8 cm³/mol. The van der Waals surface area contributed by atoms with Crippen molar-refractivity contribution in [2.45, 2.75) is 6.04 Å². The molecule has 0 aliphatic carbocycles. The fourth-order valence-electron chi connectivity index (χ4n) is 2.75. The van der Waals surface area contributed by atoms with Crippen LogP contribution in [0.15, 0.2) is 29.3 Å². The number of likely N-dealkylation sites (N-methyl/N-ethyl adjacent to an activating group) is 2. The maximum Gasteiger partial charge on any atom is 0.394 e. The van der Waals surface area contributed by atoms with E-state index in [1.165, 1.54) is 23.6 Å². The lowest BCUT2D eigenvalue weighted by molar-refractivity contribution is -0.521. The number of hydrogen-bond donors (Lipinski definition) is 1. The zero-order chi connectivity index (χ0) is 19.0. The van der Waals surface area contributed by atoms with E-state index in [4.69, 9.17) is 16.3 Å². The van der Waals surface area contributed by atoms with Gasteiger partial charge in [-0.2, -0.15) is 0 Å². The zero-order valence-electron chi connectivity index (χ0n) is 14.4. The number of carbonyl (C=O) groups is 3. The molecule has 1 saturated heterocycles. The Morgan fingerprint density at radius 1 is 1.27 bits per heavy atom. The molecule has 1 N–H and O–H groups in total. The van der Waals surface area contributed by atoms with Crippen molar-refractivity contribution in [2.75, 3.05) is 33.1 Å². The smallest absolute Gasteiger partial charge is 0.394 e. The first-order valence-corrected chi connectivity index (χ1v) is 8.08. The van der Waals surface area contributed by atoms with E-state index >= 15 is 0 Å². The molecule has 136 valence electrons. The average molecular weight is 379 g/mol. The van der Waals surface area contributed by atoms with Crippen molar-refractivity contribution in [2.24, 2.45) is 4.99 Å². The van der Waals surface area contributed by atoms with E-state index in [9.17, 15) is 14.4 Å². The number of nitrogens with one attached hydrogen (secondary N) is 1. The quantitative estimate of drug-likeness (QED) is 0.611. The summed E-state index contributed by atoms with van der Waals surface area (Å²) in [6, 6.07) is 5.41. The van der Waals surface area contributed by atoms with Crippen LogP contribution in [0.4, 0.5) is 10.5 Å². The third-order valence-corrected chi connectivity index (χ3v) is 4.47. The summed E-state index contributed by atoms with van der Waals surface area (Å²) >= 11 is 6.12. The normalized spacial score (nSPS) is 19.5. The van der Waals surface area contributed by atoms with Crippen LogP contribution < -0.4 is 10.1 Å². The number of ether oxygens (including phenoxy) is 1. The molecule has 1 aromatic carbocycles. The van der Waals surface area contributed by atoms with Gasteiger partial charge in [-0.25, -0.2) is 9.37 Å². The van der Waals surface area contributed by atoms with Crippen molar-refractivity contribution in [1.29, 1.82) is 0 Å². The molecule has 1 atom stereocenters. The lowest BCUT2D eigenvalue weighted by atomic mass is 10.1. The highest BCUT2D eigenvalue weighted by molar-refractivity contribution is 6.65. The summed E-state index contributed by atoms with van der Waals surface area (Å²) in [6.45, 7) is -0.190. The Labute approximate surface area is 154 Å². The molecule has 2 heterocycles. The Balaban J connectivity index is 1.75. The Kier molecular flexibility index (Phi) is 4.64. The summed E-state index contributed by atoms with van der Waals surface area (Å²) in [7, 11) is 4.43. The van der Waals surface area contributed by atoms with Crippen molar-refractivity contribution < 1.29 is 23.7 Å². The molecule has 9 nitrogen and oxygen atoms in total. The minimum atomic E-state index is -0.906. The Morgan fingerprint density at radius 2 is 1.92 bits per heavy atom. The highest BCUT2D eigenvalue weighted by Crippen LogP contribution is 2.20. The molecule has 10 heteroatoms. The molecule has 1 aromatic rings. The van der Waals surface area contributed by atoms with Crippen molar-refractivity contribution in [3.8, 4) is 5.75 Å². The summed E-state index contributed by atoms with van der Waals surface area (Å²) in [5.41, 5.74) is 0.576. The number of fused-ring (bicyclic) bond motifs is 1. The third-order valence-electron chi connectivity index (χ3n) is 4.17. The summed E-state index contributed by atoms with van der Waals surface area (Å²) in [6.07, 6.45) is 0. The van der Waals surface area contributed by atoms with Gasteiger partial charge >= 0.3 is 11.3 Å². The molecule has 4 amide bonds. The predicted octanol–water partition coefficient (Wildman–Crippen LogP) is 0.545. The van der Waals surface area contributed by atoms with Crippen LogP contribution >= 0.6 is 11.6 Å². The number of amidine groups is 2. The lowest BCUT2D eigenvalue weighted by Crippen LogP contribution is -2.62. The number of carbonyl (C=O) groups excluding carboxylic acids is 3. The molecule has 0 aromatic heterocycles. The van der Waals surface area contributed by atoms with Crippen LogP contribution in [0, 0.1) is 0 Å². The minimum absolute atomic E-state index is 0.0156. The Hall–Kier alpha value is -2.94. The molecule has 2 aliphatic rings. The molecular formula is C16H17ClN5O4+. The van der Waals surface area contributed by atoms with Crippen LogP contribution in [0.25, 0.3) is 0 Å². The van der Waals surface area contributed by atoms with Gasteiger partial charge in [0.15, 0.2) is 6.54 Å². The topological polar surface area (TPSA) is 94.3 Å². The van der Waals surface area contributed by atoms with Crippen LogP contribution in [0.2, 0.25) is 0 Å². The standard InChI is InChI=1S/C16H16ClN5O4/c1-20-13-12(14(24)21(2)16(20)25)22(15(17)19-13)8-11(23)18-9-4-6-10(26-3)7-5-9/h4-7,12H,8H2,1-3H3/p+1. The van der Waals surface area contributed by atoms with E-state index in [1.807, 2.05) is 0 Å². The second-order valence-corrected chi connectivity index (χ2v) is 6.12. The third kappa shape index (κ3) is 3.01. The van der Waals surface area contributed by atoms with Gasteiger partial charge in [-0.15, -0.1) is 0 Å². The number of halogens is 1. The molecule has 0 spiro atoms. The number of nitrogens with zero attached hydrogens (tertiary/aromatic N) is 4. The van der Waals surface area contributed by atoms with Gasteiger partial charge in [0.05, 0.1) is 7.11 Å². The number of aliphatic imine (C=N–C) groups is 1. The average Bonchev–Trinajstić information content (AvgIpc) is 2.95. The van der Waals surface area contributed by atoms with Gasteiger partial charge in [0, 0.05) is 31.4 Å². The van der Waals surface area contributed by atoms with E-state index in [2.05, 4.69) is 10.3 Å². The van der Waals surface area contributed by atoms with Crippen molar-refractivity contribution in [1.82, 2.24) is 9.80 Å². The zero-order valence-corrected chi connectivity index (χ0v) is 15.1. The lowest BCUT2D eigenvalue weighted by Gasteiger charge is -2.30. The van der Waals surface area contributed by atoms with E-state index in [0.717, 1.165) is 4.90 Å². The molecule has 0 bridgehead atoms. The van der Waals surface area contributed by atoms with Gasteiger partial charge in [0.25, 0.3) is 23.7 Å². The fourth-order valence-corrected chi connectivity index (χ4v) is 3.00. The number of amides is 4. The Morgan fingerprint density at radius 3 is 2.54 bits per heavy atom. The summed E-state index contributed by atoms with van der Waals surface area (Å²) in [5, 5.41) is 2.70. The number of methoxy groups -OCH3 is 1. The number of benzene rings is 1. The highest BCUT2D eigenvalue weighted by Gasteiger charge is 2.53. The maximum atomic E-state index is 12.5. The molecule has 2 aliphatic heterocycles. The number of imide groups is 1. The van der Waals surface area contributed by atoms with Crippen molar-refractivity contribution in [3.63, 3.8) is 0 Å². The number of hydrogen-bond acceptors (Lipinski definition) is 5. The molecule has 0 radical (unpaired) electrons. The largest absolute Gasteiger partial charge is 0.497 e. The Bertz CT molecular complexity index is 849. The fraction of sp³-hybridized carbons (Fsp3) is 0.312. The van der Waals surface area contributed by atoms with Gasteiger partial charge in [0.2, 0.25) is 0 Å². The van der Waals surface area contributed by atoms with Crippen LogP contribution in [-0.4, -0.2) is 77.1 Å². The first-order chi connectivity index (χ1) is 12.3. The number of rotatable bonds is 4. The number of urea groups is 1. The summed E-state index contributed by atoms with van der Waals surface area (Å²) < 4.78 is 6.42. The first kappa shape index (κ1) is 17.9. The van der Waals surface area contributed by atoms with E-state index < -0.39 is 18.0 Å². The summed E-state index contributed by atoms with van der Waals surface area (Å²) in [4.78, 5) is 43.1. The van der Waals surface area contributed by atoms with Gasteiger partial charge in [0.1, 0.15) is 5.75 Å². The van der Waals surface area contributed by atoms with Gasteiger partial charge < -0.3 is 10.1 Å². The molecule has 0 saturated carbocycles.